The van der Waals surface area contributed by atoms with Gasteiger partial charge in [-0.2, -0.15) is 8.78 Å². The SMILES string of the molecule is COC(=O)c1ccc(C(Cc2ccncc2)c2ccccc2OC(F)F)nc1. The van der Waals surface area contributed by atoms with E-state index in [1.165, 1.54) is 19.4 Å². The molecule has 3 aromatic rings. The lowest BCUT2D eigenvalue weighted by Gasteiger charge is -2.20. The van der Waals surface area contributed by atoms with Crippen molar-refractivity contribution < 1.29 is 23.0 Å². The summed E-state index contributed by atoms with van der Waals surface area (Å²) in [7, 11) is 1.29. The Morgan fingerprint density at radius 1 is 1.07 bits per heavy atom. The second-order valence-corrected chi connectivity index (χ2v) is 5.99. The molecule has 1 aromatic carbocycles. The molecule has 1 atom stereocenters. The summed E-state index contributed by atoms with van der Waals surface area (Å²) < 4.78 is 35.2. The van der Waals surface area contributed by atoms with Crippen LogP contribution in [0.15, 0.2) is 67.1 Å². The summed E-state index contributed by atoms with van der Waals surface area (Å²) in [6.45, 7) is -2.93. The predicted octanol–water partition coefficient (Wildman–Crippen LogP) is 4.24. The van der Waals surface area contributed by atoms with Gasteiger partial charge in [-0.05, 0) is 42.3 Å². The summed E-state index contributed by atoms with van der Waals surface area (Å²) in [6, 6.07) is 13.6. The van der Waals surface area contributed by atoms with Crippen LogP contribution in [0.1, 0.15) is 33.1 Å². The number of carbonyl (C=O) groups is 1. The van der Waals surface area contributed by atoms with Crippen molar-refractivity contribution in [1.29, 1.82) is 0 Å². The minimum atomic E-state index is -2.93. The smallest absolute Gasteiger partial charge is 0.387 e. The molecule has 0 aliphatic rings. The number of aromatic nitrogens is 2. The molecule has 0 aliphatic carbocycles. The maximum atomic E-state index is 12.9. The van der Waals surface area contributed by atoms with E-state index in [0.29, 0.717) is 23.2 Å². The first-order valence-electron chi connectivity index (χ1n) is 8.55. The van der Waals surface area contributed by atoms with E-state index in [1.807, 2.05) is 12.1 Å². The van der Waals surface area contributed by atoms with Gasteiger partial charge in [-0.25, -0.2) is 4.79 Å². The molecule has 0 fully saturated rings. The molecule has 3 rings (SSSR count). The Morgan fingerprint density at radius 2 is 1.82 bits per heavy atom. The molecule has 2 heterocycles. The molecule has 0 radical (unpaired) electrons. The van der Waals surface area contributed by atoms with Crippen LogP contribution >= 0.6 is 0 Å². The lowest BCUT2D eigenvalue weighted by atomic mass is 9.88. The van der Waals surface area contributed by atoms with E-state index >= 15 is 0 Å². The quantitative estimate of drug-likeness (QED) is 0.570. The van der Waals surface area contributed by atoms with E-state index in [9.17, 15) is 13.6 Å². The molecule has 2 aromatic heterocycles. The summed E-state index contributed by atoms with van der Waals surface area (Å²) >= 11 is 0. The number of ether oxygens (including phenoxy) is 2. The number of nitrogens with zero attached hydrogens (tertiary/aromatic N) is 2. The average Bonchev–Trinajstić information content (AvgIpc) is 2.72. The number of carbonyl (C=O) groups excluding carboxylic acids is 1. The molecule has 144 valence electrons. The standard InChI is InChI=1S/C21H18F2N2O3/c1-27-20(26)15-6-7-18(25-13-15)17(12-14-8-10-24-11-9-14)16-4-2-3-5-19(16)28-21(22)23/h2-11,13,17,21H,12H2,1H3. The van der Waals surface area contributed by atoms with Gasteiger partial charge in [-0.1, -0.05) is 18.2 Å². The van der Waals surface area contributed by atoms with Crippen LogP contribution in [0.2, 0.25) is 0 Å². The highest BCUT2D eigenvalue weighted by molar-refractivity contribution is 5.88. The minimum Gasteiger partial charge on any atom is -0.465 e. The zero-order valence-corrected chi connectivity index (χ0v) is 15.1. The van der Waals surface area contributed by atoms with E-state index in [1.54, 1.807) is 42.7 Å². The van der Waals surface area contributed by atoms with E-state index in [0.717, 1.165) is 5.56 Å². The Kier molecular flexibility index (Phi) is 6.26. The molecular weight excluding hydrogens is 366 g/mol. The minimum absolute atomic E-state index is 0.0930. The molecule has 0 bridgehead atoms. The number of hydrogen-bond acceptors (Lipinski definition) is 5. The third-order valence-electron chi connectivity index (χ3n) is 4.26. The number of esters is 1. The number of para-hydroxylation sites is 1. The monoisotopic (exact) mass is 384 g/mol. The highest BCUT2D eigenvalue weighted by Gasteiger charge is 2.22. The van der Waals surface area contributed by atoms with Crippen LogP contribution < -0.4 is 4.74 Å². The fraction of sp³-hybridized carbons (Fsp3) is 0.190. The van der Waals surface area contributed by atoms with E-state index < -0.39 is 12.6 Å². The first-order valence-corrected chi connectivity index (χ1v) is 8.55. The van der Waals surface area contributed by atoms with Gasteiger partial charge in [0.15, 0.2) is 0 Å². The van der Waals surface area contributed by atoms with Crippen molar-refractivity contribution in [3.8, 4) is 5.75 Å². The number of rotatable bonds is 7. The predicted molar refractivity (Wildman–Crippen MR) is 98.4 cm³/mol. The maximum Gasteiger partial charge on any atom is 0.387 e. The summed E-state index contributed by atoms with van der Waals surface area (Å²) in [5.74, 6) is -0.759. The van der Waals surface area contributed by atoms with Gasteiger partial charge in [0, 0.05) is 35.8 Å². The molecule has 5 nitrogen and oxygen atoms in total. The van der Waals surface area contributed by atoms with Gasteiger partial charge in [-0.3, -0.25) is 9.97 Å². The molecule has 0 amide bonds. The van der Waals surface area contributed by atoms with Crippen LogP contribution in [0.4, 0.5) is 8.78 Å². The largest absolute Gasteiger partial charge is 0.465 e. The molecular formula is C21H18F2N2O3. The zero-order chi connectivity index (χ0) is 19.9. The van der Waals surface area contributed by atoms with Crippen molar-refractivity contribution in [2.45, 2.75) is 19.0 Å². The zero-order valence-electron chi connectivity index (χ0n) is 15.1. The van der Waals surface area contributed by atoms with Crippen molar-refractivity contribution in [3.05, 3.63) is 89.5 Å². The topological polar surface area (TPSA) is 61.3 Å². The Labute approximate surface area is 161 Å². The Balaban J connectivity index is 2.02. The second-order valence-electron chi connectivity index (χ2n) is 5.99. The number of benzene rings is 1. The van der Waals surface area contributed by atoms with E-state index in [4.69, 9.17) is 9.47 Å². The van der Waals surface area contributed by atoms with Gasteiger partial charge in [0.05, 0.1) is 12.7 Å². The molecule has 28 heavy (non-hydrogen) atoms. The van der Waals surface area contributed by atoms with Gasteiger partial charge in [-0.15, -0.1) is 0 Å². The van der Waals surface area contributed by atoms with Gasteiger partial charge < -0.3 is 9.47 Å². The first kappa shape index (κ1) is 19.4. The van der Waals surface area contributed by atoms with Crippen molar-refractivity contribution in [2.24, 2.45) is 0 Å². The van der Waals surface area contributed by atoms with Gasteiger partial charge in [0.1, 0.15) is 5.75 Å². The lowest BCUT2D eigenvalue weighted by Crippen LogP contribution is -2.12. The van der Waals surface area contributed by atoms with Crippen LogP contribution in [0.25, 0.3) is 0 Å². The number of alkyl halides is 2. The first-order chi connectivity index (χ1) is 13.6. The Bertz CT molecular complexity index is 918. The van der Waals surface area contributed by atoms with Crippen LogP contribution in [-0.2, 0) is 11.2 Å². The summed E-state index contributed by atoms with van der Waals surface area (Å²) in [5, 5.41) is 0. The van der Waals surface area contributed by atoms with Crippen molar-refractivity contribution in [1.82, 2.24) is 9.97 Å². The molecule has 0 saturated heterocycles. The van der Waals surface area contributed by atoms with E-state index in [-0.39, 0.29) is 11.7 Å². The highest BCUT2D eigenvalue weighted by Crippen LogP contribution is 2.34. The normalized spacial score (nSPS) is 11.9. The lowest BCUT2D eigenvalue weighted by molar-refractivity contribution is -0.0505. The Morgan fingerprint density at radius 3 is 2.46 bits per heavy atom. The molecule has 0 spiro atoms. The van der Waals surface area contributed by atoms with Crippen LogP contribution in [-0.4, -0.2) is 29.7 Å². The van der Waals surface area contributed by atoms with Crippen molar-refractivity contribution in [2.75, 3.05) is 7.11 Å². The van der Waals surface area contributed by atoms with Crippen LogP contribution in [0.3, 0.4) is 0 Å². The van der Waals surface area contributed by atoms with Crippen molar-refractivity contribution in [3.63, 3.8) is 0 Å². The molecule has 0 aliphatic heterocycles. The molecule has 0 saturated carbocycles. The summed E-state index contributed by atoms with van der Waals surface area (Å²) in [5.41, 5.74) is 2.48. The van der Waals surface area contributed by atoms with Gasteiger partial charge >= 0.3 is 12.6 Å². The number of pyridine rings is 2. The summed E-state index contributed by atoms with van der Waals surface area (Å²) in [4.78, 5) is 20.0. The number of halogens is 2. The van der Waals surface area contributed by atoms with Gasteiger partial charge in [0.25, 0.3) is 0 Å². The molecule has 7 heteroatoms. The third kappa shape index (κ3) is 4.68. The fourth-order valence-electron chi connectivity index (χ4n) is 2.95. The maximum absolute atomic E-state index is 12.9. The fourth-order valence-corrected chi connectivity index (χ4v) is 2.95. The number of methoxy groups -OCH3 is 1. The number of hydrogen-bond donors (Lipinski definition) is 0. The van der Waals surface area contributed by atoms with Crippen LogP contribution in [0, 0.1) is 0 Å². The van der Waals surface area contributed by atoms with Gasteiger partial charge in [0.2, 0.25) is 0 Å². The molecule has 1 unspecified atom stereocenters. The summed E-state index contributed by atoms with van der Waals surface area (Å²) in [6.07, 6.45) is 5.25. The molecule has 0 N–H and O–H groups in total. The van der Waals surface area contributed by atoms with Crippen LogP contribution in [0.5, 0.6) is 5.75 Å². The Hall–Kier alpha value is -3.35. The average molecular weight is 384 g/mol. The third-order valence-corrected chi connectivity index (χ3v) is 4.26. The van der Waals surface area contributed by atoms with Crippen molar-refractivity contribution >= 4 is 5.97 Å². The highest BCUT2D eigenvalue weighted by atomic mass is 19.3. The van der Waals surface area contributed by atoms with E-state index in [2.05, 4.69) is 9.97 Å². The second kappa shape index (κ2) is 9.03.